The first-order valence-electron chi connectivity index (χ1n) is 6.92. The molecule has 2 N–H and O–H groups in total. The summed E-state index contributed by atoms with van der Waals surface area (Å²) in [5.74, 6) is -1.51. The van der Waals surface area contributed by atoms with Gasteiger partial charge in [-0.3, -0.25) is 4.79 Å². The smallest absolute Gasteiger partial charge is 0.308 e. The molecule has 0 spiro atoms. The van der Waals surface area contributed by atoms with E-state index in [-0.39, 0.29) is 0 Å². The lowest BCUT2D eigenvalue weighted by atomic mass is 10.1. The Labute approximate surface area is 115 Å². The lowest BCUT2D eigenvalue weighted by molar-refractivity contribution is -0.141. The van der Waals surface area contributed by atoms with Crippen LogP contribution in [0.3, 0.4) is 0 Å². The van der Waals surface area contributed by atoms with Gasteiger partial charge in [-0.2, -0.15) is 17.4 Å². The van der Waals surface area contributed by atoms with Crippen LogP contribution in [0, 0.1) is 5.92 Å². The monoisotopic (exact) mass is 292 g/mol. The Morgan fingerprint density at radius 2 is 1.84 bits per heavy atom. The van der Waals surface area contributed by atoms with Gasteiger partial charge in [-0.15, -0.1) is 0 Å². The number of nitrogens with one attached hydrogen (secondary N) is 1. The van der Waals surface area contributed by atoms with E-state index < -0.39 is 28.1 Å². The van der Waals surface area contributed by atoms with Crippen LogP contribution in [0.4, 0.5) is 0 Å². The van der Waals surface area contributed by atoms with Crippen molar-refractivity contribution in [1.29, 1.82) is 0 Å². The molecular weight excluding hydrogens is 268 g/mol. The molecule has 2 unspecified atom stereocenters. The summed E-state index contributed by atoms with van der Waals surface area (Å²) in [5, 5.41) is 9.08. The maximum Gasteiger partial charge on any atom is 0.308 e. The number of carbonyl (C=O) groups is 1. The Kier molecular flexibility index (Phi) is 6.22. The molecule has 0 amide bonds. The molecule has 1 saturated carbocycles. The van der Waals surface area contributed by atoms with Gasteiger partial charge >= 0.3 is 5.97 Å². The quantitative estimate of drug-likeness (QED) is 0.703. The fourth-order valence-corrected chi connectivity index (χ4v) is 4.17. The summed E-state index contributed by atoms with van der Waals surface area (Å²) in [6.07, 6.45) is 3.39. The Morgan fingerprint density at radius 3 is 2.32 bits per heavy atom. The molecule has 0 aromatic heterocycles. The average molecular weight is 292 g/mol. The van der Waals surface area contributed by atoms with Crippen molar-refractivity contribution in [3.05, 3.63) is 0 Å². The van der Waals surface area contributed by atoms with Crippen molar-refractivity contribution in [2.24, 2.45) is 5.92 Å². The summed E-state index contributed by atoms with van der Waals surface area (Å²) in [6.45, 7) is 4.78. The van der Waals surface area contributed by atoms with Crippen molar-refractivity contribution in [3.8, 4) is 0 Å². The molecule has 6 nitrogen and oxygen atoms in total. The fourth-order valence-electron chi connectivity index (χ4n) is 2.51. The zero-order chi connectivity index (χ0) is 14.5. The van der Waals surface area contributed by atoms with Crippen LogP contribution < -0.4 is 4.72 Å². The third-order valence-electron chi connectivity index (χ3n) is 3.42. The van der Waals surface area contributed by atoms with Crippen molar-refractivity contribution in [2.45, 2.75) is 52.0 Å². The first kappa shape index (κ1) is 16.4. The molecule has 0 heterocycles. The largest absolute Gasteiger partial charge is 0.481 e. The van der Waals surface area contributed by atoms with Crippen molar-refractivity contribution >= 4 is 16.2 Å². The van der Waals surface area contributed by atoms with Gasteiger partial charge in [-0.1, -0.05) is 20.3 Å². The van der Waals surface area contributed by atoms with Gasteiger partial charge in [0.1, 0.15) is 0 Å². The molecule has 112 valence electrons. The molecule has 0 aromatic rings. The molecular formula is C12H24N2O4S. The van der Waals surface area contributed by atoms with Crippen molar-refractivity contribution in [3.63, 3.8) is 0 Å². The molecule has 1 rings (SSSR count). The fraction of sp³-hybridized carbons (Fsp3) is 0.917. The summed E-state index contributed by atoms with van der Waals surface area (Å²) in [5.41, 5.74) is 0. The second-order valence-corrected chi connectivity index (χ2v) is 6.71. The van der Waals surface area contributed by atoms with E-state index in [2.05, 4.69) is 4.72 Å². The van der Waals surface area contributed by atoms with Crippen LogP contribution in [0.1, 0.15) is 46.0 Å². The van der Waals surface area contributed by atoms with Crippen LogP contribution in [0.25, 0.3) is 0 Å². The number of carboxylic acid groups (broad SMARTS) is 1. The van der Waals surface area contributed by atoms with E-state index in [4.69, 9.17) is 5.11 Å². The van der Waals surface area contributed by atoms with E-state index in [1.54, 1.807) is 0 Å². The van der Waals surface area contributed by atoms with Gasteiger partial charge in [0.2, 0.25) is 0 Å². The lowest BCUT2D eigenvalue weighted by Gasteiger charge is -2.25. The lowest BCUT2D eigenvalue weighted by Crippen LogP contribution is -2.48. The third-order valence-corrected chi connectivity index (χ3v) is 5.06. The number of rotatable bonds is 8. The van der Waals surface area contributed by atoms with Crippen LogP contribution in [-0.4, -0.2) is 42.9 Å². The predicted molar refractivity (Wildman–Crippen MR) is 73.0 cm³/mol. The molecule has 0 bridgehead atoms. The number of aliphatic carboxylic acids is 1. The standard InChI is InChI=1S/C12H24N2O4S/c1-3-8-14(9-4-2)19(17,18)13-11-7-5-6-10(11)12(15)16/h10-11,13H,3-9H2,1-2H3,(H,15,16). The van der Waals surface area contributed by atoms with Crippen LogP contribution in [0.15, 0.2) is 0 Å². The third kappa shape index (κ3) is 4.43. The zero-order valence-corrected chi connectivity index (χ0v) is 12.4. The van der Waals surface area contributed by atoms with Crippen molar-refractivity contribution < 1.29 is 18.3 Å². The number of hydrogen-bond donors (Lipinski definition) is 2. The van der Waals surface area contributed by atoms with E-state index in [9.17, 15) is 13.2 Å². The second-order valence-electron chi connectivity index (χ2n) is 5.00. The summed E-state index contributed by atoms with van der Waals surface area (Å²) in [7, 11) is -3.58. The van der Waals surface area contributed by atoms with Gasteiger partial charge in [0, 0.05) is 19.1 Å². The maximum absolute atomic E-state index is 12.3. The topological polar surface area (TPSA) is 86.7 Å². The summed E-state index contributed by atoms with van der Waals surface area (Å²) < 4.78 is 28.5. The van der Waals surface area contributed by atoms with E-state index in [0.717, 1.165) is 19.3 Å². The zero-order valence-electron chi connectivity index (χ0n) is 11.6. The predicted octanol–water partition coefficient (Wildman–Crippen LogP) is 1.20. The van der Waals surface area contributed by atoms with Crippen LogP contribution in [0.5, 0.6) is 0 Å². The van der Waals surface area contributed by atoms with Gasteiger partial charge in [0.15, 0.2) is 0 Å². The van der Waals surface area contributed by atoms with Gasteiger partial charge in [-0.25, -0.2) is 0 Å². The van der Waals surface area contributed by atoms with Gasteiger partial charge in [0.05, 0.1) is 5.92 Å². The molecule has 0 saturated heterocycles. The van der Waals surface area contributed by atoms with Crippen LogP contribution in [0.2, 0.25) is 0 Å². The Bertz CT molecular complexity index is 391. The van der Waals surface area contributed by atoms with Crippen LogP contribution >= 0.6 is 0 Å². The molecule has 0 aromatic carbocycles. The summed E-state index contributed by atoms with van der Waals surface area (Å²) in [6, 6.07) is -0.473. The van der Waals surface area contributed by atoms with Gasteiger partial charge in [-0.05, 0) is 25.7 Å². The highest BCUT2D eigenvalue weighted by Gasteiger charge is 2.36. The minimum absolute atomic E-state index is 0.466. The molecule has 19 heavy (non-hydrogen) atoms. The highest BCUT2D eigenvalue weighted by Crippen LogP contribution is 2.26. The molecule has 1 fully saturated rings. The van der Waals surface area contributed by atoms with E-state index in [1.807, 2.05) is 13.8 Å². The van der Waals surface area contributed by atoms with E-state index in [0.29, 0.717) is 25.9 Å². The maximum atomic E-state index is 12.3. The van der Waals surface area contributed by atoms with Gasteiger partial charge in [0.25, 0.3) is 10.2 Å². The molecule has 7 heteroatoms. The van der Waals surface area contributed by atoms with E-state index in [1.165, 1.54) is 4.31 Å². The minimum atomic E-state index is -3.58. The molecule has 1 aliphatic rings. The number of hydrogen-bond acceptors (Lipinski definition) is 3. The highest BCUT2D eigenvalue weighted by molar-refractivity contribution is 7.87. The normalized spacial score (nSPS) is 23.9. The molecule has 2 atom stereocenters. The average Bonchev–Trinajstić information content (AvgIpc) is 2.76. The van der Waals surface area contributed by atoms with Crippen LogP contribution in [-0.2, 0) is 15.0 Å². The van der Waals surface area contributed by atoms with Gasteiger partial charge < -0.3 is 5.11 Å². The second kappa shape index (κ2) is 7.21. The van der Waals surface area contributed by atoms with Crippen molar-refractivity contribution in [2.75, 3.05) is 13.1 Å². The van der Waals surface area contributed by atoms with E-state index >= 15 is 0 Å². The number of carboxylic acids is 1. The molecule has 0 aliphatic heterocycles. The molecule has 0 radical (unpaired) electrons. The number of nitrogens with zero attached hydrogens (tertiary/aromatic N) is 1. The Balaban J connectivity index is 2.74. The first-order valence-corrected chi connectivity index (χ1v) is 8.36. The Morgan fingerprint density at radius 1 is 1.26 bits per heavy atom. The molecule has 1 aliphatic carbocycles. The highest BCUT2D eigenvalue weighted by atomic mass is 32.2. The Hall–Kier alpha value is -0.660. The first-order chi connectivity index (χ1) is 8.92. The van der Waals surface area contributed by atoms with Crippen molar-refractivity contribution in [1.82, 2.24) is 9.03 Å². The minimum Gasteiger partial charge on any atom is -0.481 e. The SMILES string of the molecule is CCCN(CCC)S(=O)(=O)NC1CCCC1C(=O)O. The summed E-state index contributed by atoms with van der Waals surface area (Å²) >= 11 is 0. The summed E-state index contributed by atoms with van der Waals surface area (Å²) in [4.78, 5) is 11.1.